The molecule has 106 valence electrons. The summed E-state index contributed by atoms with van der Waals surface area (Å²) in [4.78, 5) is 18.6. The predicted molar refractivity (Wildman–Crippen MR) is 73.0 cm³/mol. The van der Waals surface area contributed by atoms with Crippen LogP contribution in [0.3, 0.4) is 0 Å². The molecule has 0 aliphatic heterocycles. The largest absolute Gasteiger partial charge is 0.393 e. The third kappa shape index (κ3) is 2.20. The van der Waals surface area contributed by atoms with Crippen molar-refractivity contribution in [2.75, 3.05) is 5.73 Å². The van der Waals surface area contributed by atoms with Crippen molar-refractivity contribution < 1.29 is 9.45 Å². The van der Waals surface area contributed by atoms with Gasteiger partial charge in [-0.25, -0.2) is 4.98 Å². The second-order valence-electron chi connectivity index (χ2n) is 4.32. The lowest BCUT2D eigenvalue weighted by Crippen LogP contribution is -1.96. The first-order chi connectivity index (χ1) is 10.1. The molecule has 3 aromatic rings. The van der Waals surface area contributed by atoms with Gasteiger partial charge in [-0.2, -0.15) is 4.98 Å². The summed E-state index contributed by atoms with van der Waals surface area (Å²) in [5, 5.41) is 14.7. The Morgan fingerprint density at radius 2 is 2.24 bits per heavy atom. The van der Waals surface area contributed by atoms with Crippen LogP contribution >= 0.6 is 0 Å². The van der Waals surface area contributed by atoms with Gasteiger partial charge in [0.15, 0.2) is 5.82 Å². The van der Waals surface area contributed by atoms with Crippen molar-refractivity contribution in [1.29, 1.82) is 0 Å². The van der Waals surface area contributed by atoms with Crippen LogP contribution in [0.2, 0.25) is 0 Å². The zero-order chi connectivity index (χ0) is 15.0. The average molecular weight is 286 g/mol. The van der Waals surface area contributed by atoms with Gasteiger partial charge in [-0.1, -0.05) is 5.16 Å². The van der Waals surface area contributed by atoms with Gasteiger partial charge >= 0.3 is 0 Å². The van der Waals surface area contributed by atoms with Crippen molar-refractivity contribution >= 4 is 11.4 Å². The number of rotatable bonds is 3. The fourth-order valence-electron chi connectivity index (χ4n) is 1.85. The molecule has 0 spiro atoms. The molecule has 9 heteroatoms. The van der Waals surface area contributed by atoms with Gasteiger partial charge in [-0.15, -0.1) is 0 Å². The second kappa shape index (κ2) is 4.71. The molecule has 9 nitrogen and oxygen atoms in total. The average Bonchev–Trinajstić information content (AvgIpc) is 3.07. The topological polar surface area (TPSA) is 126 Å². The molecule has 1 aromatic carbocycles. The van der Waals surface area contributed by atoms with Crippen LogP contribution in [0.25, 0.3) is 23.1 Å². The lowest BCUT2D eigenvalue weighted by Gasteiger charge is -1.98. The maximum absolute atomic E-state index is 10.9. The number of nitrogens with two attached hydrogens (primary N) is 1. The number of aryl methyl sites for hydroxylation is 1. The normalized spacial score (nSPS) is 10.7. The maximum atomic E-state index is 10.9. The van der Waals surface area contributed by atoms with Crippen LogP contribution in [0.4, 0.5) is 11.4 Å². The van der Waals surface area contributed by atoms with E-state index in [1.807, 2.05) is 0 Å². The molecule has 0 radical (unpaired) electrons. The van der Waals surface area contributed by atoms with Crippen molar-refractivity contribution in [1.82, 2.24) is 19.7 Å². The van der Waals surface area contributed by atoms with Crippen molar-refractivity contribution in [3.63, 3.8) is 0 Å². The van der Waals surface area contributed by atoms with Gasteiger partial charge in [0.2, 0.25) is 5.82 Å². The number of aromatic nitrogens is 4. The quantitative estimate of drug-likeness (QED) is 0.440. The molecule has 0 saturated carbocycles. The minimum absolute atomic E-state index is 0.0765. The number of nitrogens with zero attached hydrogens (tertiary/aromatic N) is 5. The Kier molecular flexibility index (Phi) is 2.87. The first-order valence-corrected chi connectivity index (χ1v) is 5.92. The molecule has 0 atom stereocenters. The van der Waals surface area contributed by atoms with E-state index in [0.717, 1.165) is 0 Å². The van der Waals surface area contributed by atoms with E-state index in [0.29, 0.717) is 17.2 Å². The summed E-state index contributed by atoms with van der Waals surface area (Å²) in [5.41, 5.74) is 5.84. The zero-order valence-corrected chi connectivity index (χ0v) is 10.9. The van der Waals surface area contributed by atoms with Gasteiger partial charge in [0.1, 0.15) is 5.69 Å². The summed E-state index contributed by atoms with van der Waals surface area (Å²) in [6.07, 6.45) is 3.36. The van der Waals surface area contributed by atoms with Gasteiger partial charge in [0.25, 0.3) is 11.6 Å². The number of nitrogen functional groups attached to an aromatic ring is 1. The number of nitro benzene ring substituents is 1. The van der Waals surface area contributed by atoms with Crippen LogP contribution in [0.15, 0.2) is 35.1 Å². The number of imidazole rings is 1. The fourth-order valence-corrected chi connectivity index (χ4v) is 1.85. The maximum Gasteiger partial charge on any atom is 0.292 e. The molecule has 3 rings (SSSR count). The summed E-state index contributed by atoms with van der Waals surface area (Å²) in [6, 6.07) is 4.31. The van der Waals surface area contributed by atoms with Gasteiger partial charge < -0.3 is 14.8 Å². The molecule has 0 unspecified atom stereocenters. The number of benzene rings is 1. The van der Waals surface area contributed by atoms with E-state index in [9.17, 15) is 10.1 Å². The lowest BCUT2D eigenvalue weighted by atomic mass is 10.2. The van der Waals surface area contributed by atoms with Crippen LogP contribution in [0, 0.1) is 10.1 Å². The molecular weight excluding hydrogens is 276 g/mol. The summed E-state index contributed by atoms with van der Waals surface area (Å²) in [5.74, 6) is 1.00. The Hall–Kier alpha value is -3.23. The Labute approximate surface area is 118 Å². The number of anilines is 1. The molecule has 0 amide bonds. The number of nitro groups is 1. The molecule has 21 heavy (non-hydrogen) atoms. The zero-order valence-electron chi connectivity index (χ0n) is 10.9. The molecule has 0 aliphatic rings. The number of hydrogen-bond donors (Lipinski definition) is 1. The summed E-state index contributed by atoms with van der Waals surface area (Å²) < 4.78 is 6.86. The van der Waals surface area contributed by atoms with Gasteiger partial charge in [-0.05, 0) is 12.1 Å². The van der Waals surface area contributed by atoms with Gasteiger partial charge in [0.05, 0.1) is 4.92 Å². The highest BCUT2D eigenvalue weighted by Gasteiger charge is 2.18. The van der Waals surface area contributed by atoms with Crippen LogP contribution in [-0.4, -0.2) is 24.6 Å². The molecule has 2 aromatic heterocycles. The fraction of sp³-hybridized carbons (Fsp3) is 0.0833. The Balaban J connectivity index is 2.03. The minimum atomic E-state index is -0.561. The molecule has 0 saturated heterocycles. The molecule has 0 fully saturated rings. The molecular formula is C12H10N6O3. The van der Waals surface area contributed by atoms with Crippen molar-refractivity contribution in [3.8, 4) is 23.1 Å². The number of hydrogen-bond acceptors (Lipinski definition) is 7. The molecule has 2 N–H and O–H groups in total. The van der Waals surface area contributed by atoms with E-state index in [1.54, 1.807) is 30.1 Å². The summed E-state index contributed by atoms with van der Waals surface area (Å²) in [6.45, 7) is 0. The second-order valence-corrected chi connectivity index (χ2v) is 4.32. The summed E-state index contributed by atoms with van der Waals surface area (Å²) in [7, 11) is 1.80. The third-order valence-corrected chi connectivity index (χ3v) is 2.92. The van der Waals surface area contributed by atoms with Crippen molar-refractivity contribution in [2.45, 2.75) is 0 Å². The third-order valence-electron chi connectivity index (χ3n) is 2.92. The molecule has 0 aliphatic carbocycles. The molecule has 2 heterocycles. The van der Waals surface area contributed by atoms with Crippen molar-refractivity contribution in [2.24, 2.45) is 7.05 Å². The first-order valence-electron chi connectivity index (χ1n) is 5.92. The van der Waals surface area contributed by atoms with E-state index in [2.05, 4.69) is 15.1 Å². The predicted octanol–water partition coefficient (Wildman–Crippen LogP) is 1.63. The highest BCUT2D eigenvalue weighted by Crippen LogP contribution is 2.28. The minimum Gasteiger partial charge on any atom is -0.393 e. The van der Waals surface area contributed by atoms with E-state index >= 15 is 0 Å². The first kappa shape index (κ1) is 12.8. The molecule has 0 bridgehead atoms. The van der Waals surface area contributed by atoms with E-state index < -0.39 is 4.92 Å². The van der Waals surface area contributed by atoms with Crippen LogP contribution in [0.1, 0.15) is 0 Å². The Morgan fingerprint density at radius 1 is 1.43 bits per heavy atom. The summed E-state index contributed by atoms with van der Waals surface area (Å²) >= 11 is 0. The van der Waals surface area contributed by atoms with E-state index in [1.165, 1.54) is 12.1 Å². The van der Waals surface area contributed by atoms with Gasteiger partial charge in [0, 0.05) is 31.1 Å². The monoisotopic (exact) mass is 286 g/mol. The smallest absolute Gasteiger partial charge is 0.292 e. The Bertz CT molecular complexity index is 822. The highest BCUT2D eigenvalue weighted by molar-refractivity contribution is 5.68. The highest BCUT2D eigenvalue weighted by atomic mass is 16.6. The SMILES string of the molecule is Cn1ccnc1-c1noc(-c2ccc(N)c([N+](=O)[O-])c2)n1. The van der Waals surface area contributed by atoms with Crippen LogP contribution in [-0.2, 0) is 7.05 Å². The van der Waals surface area contributed by atoms with Crippen molar-refractivity contribution in [3.05, 3.63) is 40.7 Å². The van der Waals surface area contributed by atoms with E-state index in [-0.39, 0.29) is 17.3 Å². The lowest BCUT2D eigenvalue weighted by molar-refractivity contribution is -0.383. The van der Waals surface area contributed by atoms with Crippen LogP contribution in [0.5, 0.6) is 0 Å². The van der Waals surface area contributed by atoms with E-state index in [4.69, 9.17) is 10.3 Å². The Morgan fingerprint density at radius 3 is 2.90 bits per heavy atom. The standard InChI is InChI=1S/C12H10N6O3/c1-17-5-4-14-11(17)10-15-12(21-16-10)7-2-3-8(13)9(6-7)18(19)20/h2-6H,13H2,1H3. The van der Waals surface area contributed by atoms with Gasteiger partial charge in [-0.3, -0.25) is 10.1 Å². The van der Waals surface area contributed by atoms with Crippen LogP contribution < -0.4 is 5.73 Å².